The molecule has 0 aromatic rings. The molecule has 5 saturated heterocycles. The summed E-state index contributed by atoms with van der Waals surface area (Å²) in [7, 11) is -14.0. The summed E-state index contributed by atoms with van der Waals surface area (Å²) >= 11 is 0. The van der Waals surface area contributed by atoms with Crippen molar-refractivity contribution in [2.24, 2.45) is 62.8 Å². The van der Waals surface area contributed by atoms with E-state index in [0.29, 0.717) is 23.7 Å². The lowest BCUT2D eigenvalue weighted by molar-refractivity contribution is 0.169. The minimum atomic E-state index is -4.74. The third-order valence-electron chi connectivity index (χ3n) is 15.1. The van der Waals surface area contributed by atoms with E-state index in [1.807, 2.05) is 0 Å². The van der Waals surface area contributed by atoms with Gasteiger partial charge in [0, 0.05) is 5.92 Å². The van der Waals surface area contributed by atoms with Gasteiger partial charge in [-0.2, -0.15) is 0 Å². The van der Waals surface area contributed by atoms with Gasteiger partial charge in [0.25, 0.3) is 0 Å². The van der Waals surface area contributed by atoms with Crippen LogP contribution in [0.3, 0.4) is 0 Å². The smallest absolute Gasteiger partial charge is 0.214 e. The van der Waals surface area contributed by atoms with Crippen LogP contribution >= 0.6 is 0 Å². The second-order valence-electron chi connectivity index (χ2n) is 17.7. The van der Waals surface area contributed by atoms with E-state index in [2.05, 4.69) is 42.5 Å². The van der Waals surface area contributed by atoms with Crippen LogP contribution in [-0.4, -0.2) is 90.3 Å². The summed E-state index contributed by atoms with van der Waals surface area (Å²) in [4.78, 5) is 0. The number of fused-ring (bicyclic) bond motifs is 20. The lowest BCUT2D eigenvalue weighted by Crippen LogP contribution is -2.66. The van der Waals surface area contributed by atoms with Gasteiger partial charge in [-0.1, -0.05) is 38.5 Å². The first kappa shape index (κ1) is 37.0. The summed E-state index contributed by atoms with van der Waals surface area (Å²) in [6.45, 7) is 0. The number of nitrogens with one attached hydrogen (secondary N) is 8. The Hall–Kier alpha value is -0.590. The molecule has 14 N–H and O–H groups in total. The number of primary sulfonamides is 3. The van der Waals surface area contributed by atoms with E-state index in [-0.39, 0.29) is 55.3 Å². The molecule has 5 aliphatic heterocycles. The Labute approximate surface area is 308 Å². The number of nitrogens with two attached hydrogens (primary N) is 3. The third-order valence-corrected chi connectivity index (χ3v) is 19.5. The van der Waals surface area contributed by atoms with E-state index < -0.39 is 70.0 Å². The Morgan fingerprint density at radius 3 is 0.885 bits per heavy atom. The van der Waals surface area contributed by atoms with E-state index in [1.54, 1.807) is 0 Å². The summed E-state index contributed by atoms with van der Waals surface area (Å²) in [6.07, 6.45) is 12.0. The standard InChI is InChI=1S/C32H59N11O6S3/c33-50(44,45)21-13-20-22(24(52(35,48)49)23(21)51(34,46)47)32-42-30-19-12-6-5-11-18(19)28(40-30)38-26-15-8-2-1-7-14(15)25(36-26)37-27-16-9-3-4-10-17(16)29(39-27)41-31(20)43-32/h14-32,36-43H,1-13H2,(H2,33,44,45)(H2,34,46,47)(H2,35,48,49). The van der Waals surface area contributed by atoms with Gasteiger partial charge in [0.05, 0.1) is 54.6 Å². The summed E-state index contributed by atoms with van der Waals surface area (Å²) in [5.74, 6) is 0.712. The number of hydrogen-bond acceptors (Lipinski definition) is 14. The van der Waals surface area contributed by atoms with Gasteiger partial charge < -0.3 is 0 Å². The molecule has 8 bridgehead atoms. The van der Waals surface area contributed by atoms with Gasteiger partial charge in [-0.15, -0.1) is 0 Å². The average Bonchev–Trinajstić information content (AvgIpc) is 3.82. The van der Waals surface area contributed by atoms with Crippen molar-refractivity contribution in [2.75, 3.05) is 0 Å². The van der Waals surface area contributed by atoms with E-state index in [1.165, 1.54) is 25.7 Å². The molecule has 0 amide bonds. The molecule has 20 heteroatoms. The summed E-state index contributed by atoms with van der Waals surface area (Å²) in [5, 5.41) is 42.9. The largest absolute Gasteiger partial charge is 0.286 e. The first-order chi connectivity index (χ1) is 24.7. The maximum atomic E-state index is 13.6. The van der Waals surface area contributed by atoms with Crippen molar-refractivity contribution < 1.29 is 25.3 Å². The molecular weight excluding hydrogens is 731 g/mol. The maximum Gasteiger partial charge on any atom is 0.214 e. The van der Waals surface area contributed by atoms with Gasteiger partial charge in [0.1, 0.15) is 10.5 Å². The van der Waals surface area contributed by atoms with E-state index in [4.69, 9.17) is 15.4 Å². The first-order valence-electron chi connectivity index (χ1n) is 19.8. The molecule has 0 radical (unpaired) electrons. The molecule has 17 nitrogen and oxygen atoms in total. The minimum absolute atomic E-state index is 0.0155. The first-order valence-corrected chi connectivity index (χ1v) is 24.6. The van der Waals surface area contributed by atoms with E-state index >= 15 is 0 Å². The van der Waals surface area contributed by atoms with Crippen LogP contribution < -0.4 is 58.0 Å². The monoisotopic (exact) mass is 789 g/mol. The molecule has 19 atom stereocenters. The Kier molecular flexibility index (Phi) is 9.62. The Morgan fingerprint density at radius 1 is 0.346 bits per heavy atom. The van der Waals surface area contributed by atoms with Gasteiger partial charge in [-0.3, -0.25) is 42.5 Å². The quantitative estimate of drug-likeness (QED) is 0.140. The summed E-state index contributed by atoms with van der Waals surface area (Å²) in [6, 6.07) is 0. The Morgan fingerprint density at radius 2 is 0.615 bits per heavy atom. The van der Waals surface area contributed by atoms with Crippen molar-refractivity contribution >= 4 is 30.1 Å². The van der Waals surface area contributed by atoms with Crippen molar-refractivity contribution in [1.82, 2.24) is 42.5 Å². The normalized spacial score (nSPS) is 52.3. The van der Waals surface area contributed by atoms with Crippen LogP contribution in [0.5, 0.6) is 0 Å². The fraction of sp³-hybridized carbons (Fsp3) is 1.00. The molecule has 296 valence electrons. The molecule has 4 saturated carbocycles. The molecule has 52 heavy (non-hydrogen) atoms. The van der Waals surface area contributed by atoms with Gasteiger partial charge >= 0.3 is 0 Å². The predicted octanol–water partition coefficient (Wildman–Crippen LogP) is -2.59. The molecule has 9 aliphatic rings. The SMILES string of the molecule is NS(=O)(=O)C1CC2C3NC4NC(NC5NC(NC6NC(NC(N3)C2C(S(N)(=O)=O)C1S(N)(=O)=O)C1CCCCC61)C1CCCCC51)C1CCCCC41. The molecule has 9 fully saturated rings. The highest BCUT2D eigenvalue weighted by atomic mass is 32.2. The van der Waals surface area contributed by atoms with Crippen LogP contribution in [0.25, 0.3) is 0 Å². The van der Waals surface area contributed by atoms with E-state index in [0.717, 1.165) is 51.4 Å². The zero-order chi connectivity index (χ0) is 36.3. The van der Waals surface area contributed by atoms with Crippen molar-refractivity contribution in [3.63, 3.8) is 0 Å². The van der Waals surface area contributed by atoms with Crippen LogP contribution in [0, 0.1) is 47.3 Å². The van der Waals surface area contributed by atoms with Gasteiger partial charge in [-0.05, 0) is 86.4 Å². The molecule has 0 spiro atoms. The minimum Gasteiger partial charge on any atom is -0.286 e. The lowest BCUT2D eigenvalue weighted by Gasteiger charge is -2.44. The molecule has 4 aliphatic carbocycles. The Bertz CT molecular complexity index is 1710. The number of hydrogen-bond donors (Lipinski definition) is 11. The second-order valence-corrected chi connectivity index (χ2v) is 22.9. The highest BCUT2D eigenvalue weighted by Crippen LogP contribution is 2.48. The van der Waals surface area contributed by atoms with Gasteiger partial charge in [-0.25, -0.2) is 40.7 Å². The van der Waals surface area contributed by atoms with E-state index in [9.17, 15) is 25.3 Å². The van der Waals surface area contributed by atoms with Crippen molar-refractivity contribution in [3.05, 3.63) is 0 Å². The van der Waals surface area contributed by atoms with Crippen LogP contribution in [0.1, 0.15) is 83.5 Å². The highest BCUT2D eigenvalue weighted by Gasteiger charge is 2.64. The third kappa shape index (κ3) is 6.41. The molecule has 9 rings (SSSR count). The van der Waals surface area contributed by atoms with Crippen molar-refractivity contribution in [3.8, 4) is 0 Å². The highest BCUT2D eigenvalue weighted by molar-refractivity contribution is 7.96. The van der Waals surface area contributed by atoms with Crippen LogP contribution in [0.15, 0.2) is 0 Å². The molecular formula is C32H59N11O6S3. The van der Waals surface area contributed by atoms with Crippen LogP contribution in [0.4, 0.5) is 0 Å². The number of rotatable bonds is 3. The van der Waals surface area contributed by atoms with Crippen molar-refractivity contribution in [1.29, 1.82) is 0 Å². The summed E-state index contributed by atoms with van der Waals surface area (Å²) in [5.41, 5.74) is 0. The number of sulfonamides is 3. The average molecular weight is 790 g/mol. The molecule has 0 aromatic carbocycles. The van der Waals surface area contributed by atoms with Crippen molar-refractivity contribution in [2.45, 2.75) is 149 Å². The predicted molar refractivity (Wildman–Crippen MR) is 194 cm³/mol. The zero-order valence-electron chi connectivity index (χ0n) is 29.6. The second kappa shape index (κ2) is 13.5. The molecule has 19 unspecified atom stereocenters. The molecule has 0 aromatic heterocycles. The Balaban J connectivity index is 1.13. The fourth-order valence-electron chi connectivity index (χ4n) is 13.1. The molecule has 5 heterocycles. The van der Waals surface area contributed by atoms with Crippen LogP contribution in [-0.2, 0) is 30.1 Å². The van der Waals surface area contributed by atoms with Gasteiger partial charge in [0.15, 0.2) is 0 Å². The fourth-order valence-corrected chi connectivity index (χ4v) is 18.5. The maximum absolute atomic E-state index is 13.6. The summed E-state index contributed by atoms with van der Waals surface area (Å²) < 4.78 is 80.0. The van der Waals surface area contributed by atoms with Crippen LogP contribution in [0.2, 0.25) is 0 Å². The van der Waals surface area contributed by atoms with Gasteiger partial charge in [0.2, 0.25) is 30.1 Å². The lowest BCUT2D eigenvalue weighted by atomic mass is 9.76. The topological polar surface area (TPSA) is 277 Å². The zero-order valence-corrected chi connectivity index (χ0v) is 32.0.